The maximum absolute atomic E-state index is 12.0. The molecule has 1 N–H and O–H groups in total. The highest BCUT2D eigenvalue weighted by Gasteiger charge is 2.23. The van der Waals surface area contributed by atoms with Crippen LogP contribution in [0.25, 0.3) is 0 Å². The van der Waals surface area contributed by atoms with Crippen molar-refractivity contribution in [1.82, 2.24) is 9.80 Å². The van der Waals surface area contributed by atoms with E-state index < -0.39 is 5.97 Å². The number of rotatable bonds is 5. The molecule has 1 aliphatic heterocycles. The van der Waals surface area contributed by atoms with Gasteiger partial charge in [-0.15, -0.1) is 0 Å². The van der Waals surface area contributed by atoms with E-state index in [9.17, 15) is 9.59 Å². The van der Waals surface area contributed by atoms with Crippen molar-refractivity contribution in [3.05, 3.63) is 0 Å². The summed E-state index contributed by atoms with van der Waals surface area (Å²) in [5.74, 6) is -0.708. The van der Waals surface area contributed by atoms with Gasteiger partial charge < -0.3 is 10.0 Å². The van der Waals surface area contributed by atoms with Crippen molar-refractivity contribution < 1.29 is 14.7 Å². The fourth-order valence-corrected chi connectivity index (χ4v) is 2.16. The van der Waals surface area contributed by atoms with Gasteiger partial charge in [0.25, 0.3) is 0 Å². The first-order valence-corrected chi connectivity index (χ1v) is 6.20. The second-order valence-corrected chi connectivity index (χ2v) is 4.81. The van der Waals surface area contributed by atoms with E-state index in [1.54, 1.807) is 11.9 Å². The van der Waals surface area contributed by atoms with E-state index in [0.717, 1.165) is 19.4 Å². The van der Waals surface area contributed by atoms with E-state index in [0.29, 0.717) is 19.1 Å². The summed E-state index contributed by atoms with van der Waals surface area (Å²) in [4.78, 5) is 26.1. The second-order valence-electron chi connectivity index (χ2n) is 4.81. The van der Waals surface area contributed by atoms with E-state index in [1.165, 1.54) is 6.42 Å². The average molecular weight is 242 g/mol. The molecular formula is C12H22N2O3. The Bertz CT molecular complexity index is 281. The zero-order valence-electron chi connectivity index (χ0n) is 10.7. The monoisotopic (exact) mass is 242 g/mol. The van der Waals surface area contributed by atoms with Gasteiger partial charge in [0, 0.05) is 19.1 Å². The molecule has 0 radical (unpaired) electrons. The molecule has 5 heteroatoms. The number of carbonyl (C=O) groups is 2. The standard InChI is InChI=1S/C12H22N2O3/c1-10-5-3-4-7-14(10)11(15)9-13(2)8-6-12(16)17/h10H,3-9H2,1-2H3,(H,16,17). The van der Waals surface area contributed by atoms with Gasteiger partial charge in [-0.1, -0.05) is 0 Å². The lowest BCUT2D eigenvalue weighted by Gasteiger charge is -2.34. The van der Waals surface area contributed by atoms with Gasteiger partial charge in [0.1, 0.15) is 0 Å². The van der Waals surface area contributed by atoms with Crippen molar-refractivity contribution >= 4 is 11.9 Å². The van der Waals surface area contributed by atoms with Crippen LogP contribution in [0.2, 0.25) is 0 Å². The van der Waals surface area contributed by atoms with Gasteiger partial charge in [-0.05, 0) is 33.2 Å². The smallest absolute Gasteiger partial charge is 0.304 e. The van der Waals surface area contributed by atoms with Gasteiger partial charge in [-0.3, -0.25) is 14.5 Å². The number of carbonyl (C=O) groups excluding carboxylic acids is 1. The van der Waals surface area contributed by atoms with Crippen LogP contribution in [0.1, 0.15) is 32.6 Å². The summed E-state index contributed by atoms with van der Waals surface area (Å²) >= 11 is 0. The second kappa shape index (κ2) is 6.59. The first kappa shape index (κ1) is 14.0. The highest BCUT2D eigenvalue weighted by Crippen LogP contribution is 2.16. The van der Waals surface area contributed by atoms with Crippen LogP contribution in [0.15, 0.2) is 0 Å². The number of piperidine rings is 1. The first-order chi connectivity index (χ1) is 8.00. The van der Waals surface area contributed by atoms with Crippen LogP contribution in [0.4, 0.5) is 0 Å². The van der Waals surface area contributed by atoms with Crippen LogP contribution >= 0.6 is 0 Å². The van der Waals surface area contributed by atoms with Crippen molar-refractivity contribution in [2.45, 2.75) is 38.6 Å². The lowest BCUT2D eigenvalue weighted by Crippen LogP contribution is -2.46. The third-order valence-corrected chi connectivity index (χ3v) is 3.24. The molecule has 0 bridgehead atoms. The van der Waals surface area contributed by atoms with Crippen molar-refractivity contribution in [2.24, 2.45) is 0 Å². The molecule has 0 spiro atoms. The molecule has 1 rings (SSSR count). The van der Waals surface area contributed by atoms with Crippen molar-refractivity contribution in [1.29, 1.82) is 0 Å². The molecule has 1 fully saturated rings. The Kier molecular flexibility index (Phi) is 5.41. The highest BCUT2D eigenvalue weighted by molar-refractivity contribution is 5.78. The molecule has 98 valence electrons. The Labute approximate surface area is 102 Å². The van der Waals surface area contributed by atoms with Crippen LogP contribution in [0, 0.1) is 0 Å². The zero-order valence-corrected chi connectivity index (χ0v) is 10.7. The van der Waals surface area contributed by atoms with Gasteiger partial charge >= 0.3 is 5.97 Å². The van der Waals surface area contributed by atoms with Gasteiger partial charge in [-0.25, -0.2) is 0 Å². The Morgan fingerprint density at radius 3 is 2.71 bits per heavy atom. The number of amides is 1. The Balaban J connectivity index is 2.34. The summed E-state index contributed by atoms with van der Waals surface area (Å²) in [5.41, 5.74) is 0. The lowest BCUT2D eigenvalue weighted by molar-refractivity contribution is -0.139. The summed E-state index contributed by atoms with van der Waals surface area (Å²) < 4.78 is 0. The molecule has 1 aliphatic rings. The molecule has 1 unspecified atom stereocenters. The van der Waals surface area contributed by atoms with E-state index in [4.69, 9.17) is 5.11 Å². The molecular weight excluding hydrogens is 220 g/mol. The molecule has 0 aliphatic carbocycles. The largest absolute Gasteiger partial charge is 0.481 e. The number of carboxylic acids is 1. The number of aliphatic carboxylic acids is 1. The number of carboxylic acid groups (broad SMARTS) is 1. The summed E-state index contributed by atoms with van der Waals surface area (Å²) in [7, 11) is 1.79. The minimum absolute atomic E-state index is 0.0827. The molecule has 0 aromatic carbocycles. The quantitative estimate of drug-likeness (QED) is 0.774. The van der Waals surface area contributed by atoms with E-state index in [2.05, 4.69) is 6.92 Å². The van der Waals surface area contributed by atoms with Crippen LogP contribution < -0.4 is 0 Å². The van der Waals surface area contributed by atoms with Crippen LogP contribution in [0.5, 0.6) is 0 Å². The van der Waals surface area contributed by atoms with Crippen molar-refractivity contribution in [2.75, 3.05) is 26.7 Å². The maximum Gasteiger partial charge on any atom is 0.304 e. The van der Waals surface area contributed by atoms with Gasteiger partial charge in [-0.2, -0.15) is 0 Å². The molecule has 0 saturated carbocycles. The SMILES string of the molecule is CC1CCCCN1C(=O)CN(C)CCC(=O)O. The normalized spacial score (nSPS) is 20.6. The van der Waals surface area contributed by atoms with Crippen LogP contribution in [0.3, 0.4) is 0 Å². The highest BCUT2D eigenvalue weighted by atomic mass is 16.4. The summed E-state index contributed by atoms with van der Waals surface area (Å²) in [6.07, 6.45) is 3.43. The van der Waals surface area contributed by atoms with Gasteiger partial charge in [0.05, 0.1) is 13.0 Å². The van der Waals surface area contributed by atoms with Crippen molar-refractivity contribution in [3.63, 3.8) is 0 Å². The van der Waals surface area contributed by atoms with E-state index >= 15 is 0 Å². The number of likely N-dealkylation sites (tertiary alicyclic amines) is 1. The number of hydrogen-bond acceptors (Lipinski definition) is 3. The third kappa shape index (κ3) is 4.73. The van der Waals surface area contributed by atoms with Gasteiger partial charge in [0.2, 0.25) is 5.91 Å². The fraction of sp³-hybridized carbons (Fsp3) is 0.833. The summed E-state index contributed by atoms with van der Waals surface area (Å²) in [5, 5.41) is 8.57. The lowest BCUT2D eigenvalue weighted by atomic mass is 10.0. The number of hydrogen-bond donors (Lipinski definition) is 1. The Hall–Kier alpha value is -1.10. The topological polar surface area (TPSA) is 60.9 Å². The molecule has 5 nitrogen and oxygen atoms in total. The number of nitrogens with zero attached hydrogens (tertiary/aromatic N) is 2. The number of likely N-dealkylation sites (N-methyl/N-ethyl adjacent to an activating group) is 1. The van der Waals surface area contributed by atoms with Crippen LogP contribution in [-0.4, -0.2) is 59.5 Å². The molecule has 0 aromatic rings. The molecule has 1 saturated heterocycles. The predicted molar refractivity (Wildman–Crippen MR) is 64.8 cm³/mol. The minimum atomic E-state index is -0.823. The Morgan fingerprint density at radius 2 is 2.12 bits per heavy atom. The molecule has 1 amide bonds. The summed E-state index contributed by atoms with van der Waals surface area (Å²) in [6, 6.07) is 0.323. The maximum atomic E-state index is 12.0. The van der Waals surface area contributed by atoms with Crippen LogP contribution in [-0.2, 0) is 9.59 Å². The van der Waals surface area contributed by atoms with E-state index in [-0.39, 0.29) is 12.3 Å². The summed E-state index contributed by atoms with van der Waals surface area (Å²) in [6.45, 7) is 3.65. The third-order valence-electron chi connectivity index (χ3n) is 3.24. The minimum Gasteiger partial charge on any atom is -0.481 e. The molecule has 1 heterocycles. The first-order valence-electron chi connectivity index (χ1n) is 6.20. The zero-order chi connectivity index (χ0) is 12.8. The fourth-order valence-electron chi connectivity index (χ4n) is 2.16. The predicted octanol–water partition coefficient (Wildman–Crippen LogP) is 0.794. The molecule has 17 heavy (non-hydrogen) atoms. The van der Waals surface area contributed by atoms with Gasteiger partial charge in [0.15, 0.2) is 0 Å². The molecule has 1 atom stereocenters. The molecule has 0 aromatic heterocycles. The Morgan fingerprint density at radius 1 is 1.41 bits per heavy atom. The average Bonchev–Trinajstić information content (AvgIpc) is 2.26. The van der Waals surface area contributed by atoms with Crippen molar-refractivity contribution in [3.8, 4) is 0 Å². The van der Waals surface area contributed by atoms with E-state index in [1.807, 2.05) is 4.90 Å².